The minimum atomic E-state index is -1.14. The maximum atomic E-state index is 13.8. The number of carboxylic acids is 1. The highest BCUT2D eigenvalue weighted by Gasteiger charge is 2.24. The second kappa shape index (κ2) is 6.22. The molecule has 0 aliphatic carbocycles. The van der Waals surface area contributed by atoms with Gasteiger partial charge in [-0.05, 0) is 64.0 Å². The van der Waals surface area contributed by atoms with Crippen LogP contribution >= 0.6 is 0 Å². The van der Waals surface area contributed by atoms with Crippen LogP contribution in [-0.4, -0.2) is 42.2 Å². The number of rotatable bonds is 4. The average Bonchev–Trinajstić information content (AvgIpc) is 2.41. The highest BCUT2D eigenvalue weighted by Crippen LogP contribution is 2.26. The van der Waals surface area contributed by atoms with E-state index in [0.29, 0.717) is 5.92 Å². The van der Waals surface area contributed by atoms with Gasteiger partial charge < -0.3 is 14.7 Å². The van der Waals surface area contributed by atoms with Crippen molar-refractivity contribution in [3.63, 3.8) is 0 Å². The van der Waals surface area contributed by atoms with Gasteiger partial charge in [0.15, 0.2) is 11.6 Å². The third kappa shape index (κ3) is 3.48. The molecule has 0 aromatic heterocycles. The van der Waals surface area contributed by atoms with Crippen LogP contribution in [0, 0.1) is 11.7 Å². The van der Waals surface area contributed by atoms with Crippen LogP contribution in [0.1, 0.15) is 30.1 Å². The third-order valence-corrected chi connectivity index (χ3v) is 3.92. The van der Waals surface area contributed by atoms with Gasteiger partial charge in [0.1, 0.15) is 0 Å². The summed E-state index contributed by atoms with van der Waals surface area (Å²) in [5.74, 6) is -1.23. The maximum absolute atomic E-state index is 13.8. The van der Waals surface area contributed by atoms with Gasteiger partial charge in [0.2, 0.25) is 0 Å². The van der Waals surface area contributed by atoms with Gasteiger partial charge in [-0.25, -0.2) is 9.18 Å². The first kappa shape index (κ1) is 14.8. The molecule has 0 spiro atoms. The summed E-state index contributed by atoms with van der Waals surface area (Å²) in [6, 6.07) is 3.76. The van der Waals surface area contributed by atoms with E-state index in [2.05, 4.69) is 11.9 Å². The Morgan fingerprint density at radius 1 is 1.45 bits per heavy atom. The normalized spacial score (nSPS) is 18.8. The zero-order valence-corrected chi connectivity index (χ0v) is 11.8. The first-order valence-corrected chi connectivity index (χ1v) is 6.85. The first-order chi connectivity index (χ1) is 9.47. The van der Waals surface area contributed by atoms with Crippen molar-refractivity contribution >= 4 is 5.97 Å². The average molecular weight is 281 g/mol. The van der Waals surface area contributed by atoms with Crippen LogP contribution in [0.4, 0.5) is 4.39 Å². The standard InChI is InChI=1S/C15H20FNO3/c1-10(11-5-7-17(2)8-6-11)20-14-4-3-12(15(18)19)9-13(14)16/h3-4,9-11H,5-8H2,1-2H3,(H,18,19). The smallest absolute Gasteiger partial charge is 0.335 e. The number of carboxylic acid groups (broad SMARTS) is 1. The summed E-state index contributed by atoms with van der Waals surface area (Å²) < 4.78 is 19.5. The molecule has 1 aliphatic rings. The van der Waals surface area contributed by atoms with E-state index in [4.69, 9.17) is 9.84 Å². The topological polar surface area (TPSA) is 49.8 Å². The molecule has 1 heterocycles. The molecule has 0 saturated carbocycles. The molecule has 1 N–H and O–H groups in total. The quantitative estimate of drug-likeness (QED) is 0.921. The Hall–Kier alpha value is -1.62. The van der Waals surface area contributed by atoms with Crippen molar-refractivity contribution < 1.29 is 19.0 Å². The number of hydrogen-bond acceptors (Lipinski definition) is 3. The Kier molecular flexibility index (Phi) is 4.60. The van der Waals surface area contributed by atoms with E-state index in [0.717, 1.165) is 32.0 Å². The Bertz CT molecular complexity index is 484. The van der Waals surface area contributed by atoms with E-state index in [1.165, 1.54) is 12.1 Å². The number of likely N-dealkylation sites (tertiary alicyclic amines) is 1. The predicted octanol–water partition coefficient (Wildman–Crippen LogP) is 2.63. The van der Waals surface area contributed by atoms with Gasteiger partial charge in [0, 0.05) is 0 Å². The Labute approximate surface area is 118 Å². The molecule has 1 aromatic carbocycles. The van der Waals surface area contributed by atoms with Crippen molar-refractivity contribution in [2.75, 3.05) is 20.1 Å². The van der Waals surface area contributed by atoms with Crippen LogP contribution in [0.15, 0.2) is 18.2 Å². The van der Waals surface area contributed by atoms with Crippen molar-refractivity contribution in [2.24, 2.45) is 5.92 Å². The van der Waals surface area contributed by atoms with Crippen molar-refractivity contribution in [3.05, 3.63) is 29.6 Å². The van der Waals surface area contributed by atoms with Crippen LogP contribution in [-0.2, 0) is 0 Å². The van der Waals surface area contributed by atoms with Gasteiger partial charge in [-0.3, -0.25) is 0 Å². The molecule has 0 radical (unpaired) electrons. The maximum Gasteiger partial charge on any atom is 0.335 e. The number of ether oxygens (including phenoxy) is 1. The predicted molar refractivity (Wildman–Crippen MR) is 73.7 cm³/mol. The molecule has 5 heteroatoms. The molecule has 1 aliphatic heterocycles. The fourth-order valence-electron chi connectivity index (χ4n) is 2.52. The van der Waals surface area contributed by atoms with Gasteiger partial charge >= 0.3 is 5.97 Å². The summed E-state index contributed by atoms with van der Waals surface area (Å²) in [5, 5.41) is 8.80. The van der Waals surface area contributed by atoms with E-state index >= 15 is 0 Å². The highest BCUT2D eigenvalue weighted by molar-refractivity contribution is 5.87. The number of aromatic carboxylic acids is 1. The number of piperidine rings is 1. The Morgan fingerprint density at radius 2 is 2.10 bits per heavy atom. The fourth-order valence-corrected chi connectivity index (χ4v) is 2.52. The molecule has 1 aromatic rings. The van der Waals surface area contributed by atoms with Crippen LogP contribution in [0.5, 0.6) is 5.75 Å². The van der Waals surface area contributed by atoms with Gasteiger partial charge in [-0.1, -0.05) is 0 Å². The minimum Gasteiger partial charge on any atom is -0.487 e. The van der Waals surface area contributed by atoms with E-state index < -0.39 is 11.8 Å². The zero-order valence-electron chi connectivity index (χ0n) is 11.8. The lowest BCUT2D eigenvalue weighted by Crippen LogP contribution is -2.36. The van der Waals surface area contributed by atoms with Crippen LogP contribution in [0.3, 0.4) is 0 Å². The molecule has 1 fully saturated rings. The summed E-state index contributed by atoms with van der Waals surface area (Å²) in [6.07, 6.45) is 1.99. The van der Waals surface area contributed by atoms with E-state index in [-0.39, 0.29) is 17.4 Å². The molecule has 1 unspecified atom stereocenters. The highest BCUT2D eigenvalue weighted by atomic mass is 19.1. The summed E-state index contributed by atoms with van der Waals surface area (Å²) in [6.45, 7) is 4.00. The molecule has 0 amide bonds. The SMILES string of the molecule is CC(Oc1ccc(C(=O)O)cc1F)C1CCN(C)CC1. The lowest BCUT2D eigenvalue weighted by Gasteiger charge is -2.32. The number of carbonyl (C=O) groups is 1. The van der Waals surface area contributed by atoms with Crippen molar-refractivity contribution in [2.45, 2.75) is 25.9 Å². The van der Waals surface area contributed by atoms with Crippen molar-refractivity contribution in [1.29, 1.82) is 0 Å². The fraction of sp³-hybridized carbons (Fsp3) is 0.533. The molecule has 1 atom stereocenters. The molecule has 20 heavy (non-hydrogen) atoms. The van der Waals surface area contributed by atoms with E-state index in [1.807, 2.05) is 6.92 Å². The van der Waals surface area contributed by atoms with Crippen LogP contribution in [0.2, 0.25) is 0 Å². The lowest BCUT2D eigenvalue weighted by molar-refractivity contribution is 0.0695. The van der Waals surface area contributed by atoms with Crippen molar-refractivity contribution in [3.8, 4) is 5.75 Å². The summed E-state index contributed by atoms with van der Waals surface area (Å²) in [5.41, 5.74) is -0.0678. The monoisotopic (exact) mass is 281 g/mol. The molecule has 0 bridgehead atoms. The van der Waals surface area contributed by atoms with E-state index in [9.17, 15) is 9.18 Å². The largest absolute Gasteiger partial charge is 0.487 e. The molecule has 2 rings (SSSR count). The van der Waals surface area contributed by atoms with Crippen molar-refractivity contribution in [1.82, 2.24) is 4.90 Å². The number of hydrogen-bond donors (Lipinski definition) is 1. The molecular formula is C15H20FNO3. The number of nitrogens with zero attached hydrogens (tertiary/aromatic N) is 1. The molecule has 1 saturated heterocycles. The number of benzene rings is 1. The van der Waals surface area contributed by atoms with Crippen LogP contribution in [0.25, 0.3) is 0 Å². The molecule has 4 nitrogen and oxygen atoms in total. The summed E-state index contributed by atoms with van der Waals surface area (Å²) in [7, 11) is 2.09. The summed E-state index contributed by atoms with van der Waals surface area (Å²) in [4.78, 5) is 13.0. The minimum absolute atomic E-state index is 0.0678. The molecule has 110 valence electrons. The number of halogens is 1. The van der Waals surface area contributed by atoms with Crippen LogP contribution < -0.4 is 4.74 Å². The second-order valence-electron chi connectivity index (χ2n) is 5.41. The molecular weight excluding hydrogens is 261 g/mol. The van der Waals surface area contributed by atoms with Gasteiger partial charge in [-0.15, -0.1) is 0 Å². The Morgan fingerprint density at radius 3 is 2.65 bits per heavy atom. The zero-order chi connectivity index (χ0) is 14.7. The van der Waals surface area contributed by atoms with Gasteiger partial charge in [0.05, 0.1) is 11.7 Å². The van der Waals surface area contributed by atoms with Gasteiger partial charge in [-0.2, -0.15) is 0 Å². The lowest BCUT2D eigenvalue weighted by atomic mass is 9.92. The first-order valence-electron chi connectivity index (χ1n) is 6.85. The van der Waals surface area contributed by atoms with E-state index in [1.54, 1.807) is 0 Å². The second-order valence-corrected chi connectivity index (χ2v) is 5.41. The third-order valence-electron chi connectivity index (χ3n) is 3.92. The van der Waals surface area contributed by atoms with Gasteiger partial charge in [0.25, 0.3) is 0 Å². The Balaban J connectivity index is 2.00. The summed E-state index contributed by atoms with van der Waals surface area (Å²) >= 11 is 0.